The molecule has 0 aliphatic rings. The summed E-state index contributed by atoms with van der Waals surface area (Å²) >= 11 is 3.35. The van der Waals surface area contributed by atoms with Gasteiger partial charge >= 0.3 is 5.69 Å². The van der Waals surface area contributed by atoms with Crippen LogP contribution in [0.1, 0.15) is 10.4 Å². The maximum atomic E-state index is 12.8. The number of hydrogen-bond acceptors (Lipinski definition) is 4. The van der Waals surface area contributed by atoms with E-state index in [1.54, 1.807) is 72.3 Å². The summed E-state index contributed by atoms with van der Waals surface area (Å²) < 4.78 is 5.44. The monoisotopic (exact) mass is 426 g/mol. The third-order valence-electron chi connectivity index (χ3n) is 4.34. The van der Waals surface area contributed by atoms with Gasteiger partial charge in [-0.1, -0.05) is 0 Å². The Morgan fingerprint density at radius 2 is 1.93 bits per heavy atom. The van der Waals surface area contributed by atoms with Crippen molar-refractivity contribution in [3.8, 4) is 5.82 Å². The zero-order valence-corrected chi connectivity index (χ0v) is 16.1. The van der Waals surface area contributed by atoms with E-state index in [2.05, 4.69) is 31.3 Å². The number of aromatic nitrogens is 5. The normalized spacial score (nSPS) is 11.1. The molecule has 1 aromatic carbocycles. The van der Waals surface area contributed by atoms with Crippen molar-refractivity contribution in [2.75, 3.05) is 5.32 Å². The van der Waals surface area contributed by atoms with Crippen LogP contribution in [0.2, 0.25) is 0 Å². The van der Waals surface area contributed by atoms with Gasteiger partial charge in [0.1, 0.15) is 0 Å². The fourth-order valence-electron chi connectivity index (χ4n) is 2.94. The quantitative estimate of drug-likeness (QED) is 0.544. The number of fused-ring (bicyclic) bond motifs is 1. The molecule has 1 N–H and O–H groups in total. The van der Waals surface area contributed by atoms with Crippen molar-refractivity contribution in [3.63, 3.8) is 0 Å². The van der Waals surface area contributed by atoms with Crippen molar-refractivity contribution in [1.82, 2.24) is 23.9 Å². The van der Waals surface area contributed by atoms with E-state index >= 15 is 0 Å². The maximum Gasteiger partial charge on any atom is 0.328 e. The Morgan fingerprint density at radius 3 is 2.67 bits per heavy atom. The zero-order valence-electron chi connectivity index (χ0n) is 14.5. The Balaban J connectivity index is 1.70. The van der Waals surface area contributed by atoms with Gasteiger partial charge in [0.2, 0.25) is 0 Å². The van der Waals surface area contributed by atoms with Crippen LogP contribution in [0.4, 0.5) is 5.69 Å². The molecule has 136 valence electrons. The van der Waals surface area contributed by atoms with Crippen molar-refractivity contribution in [2.24, 2.45) is 14.1 Å². The smallest absolute Gasteiger partial charge is 0.319 e. The Kier molecular flexibility index (Phi) is 4.15. The number of imidazole rings is 1. The molecule has 3 heterocycles. The van der Waals surface area contributed by atoms with Crippen molar-refractivity contribution in [1.29, 1.82) is 0 Å². The van der Waals surface area contributed by atoms with Crippen LogP contribution in [0.15, 0.2) is 58.2 Å². The number of aryl methyl sites for hydroxylation is 2. The molecule has 0 saturated heterocycles. The minimum Gasteiger partial charge on any atom is -0.319 e. The van der Waals surface area contributed by atoms with E-state index in [0.29, 0.717) is 22.6 Å². The number of nitrogens with zero attached hydrogens (tertiary/aromatic N) is 5. The molecular formula is C18H15BrN6O2. The highest BCUT2D eigenvalue weighted by molar-refractivity contribution is 9.10. The summed E-state index contributed by atoms with van der Waals surface area (Å²) in [4.78, 5) is 29.1. The van der Waals surface area contributed by atoms with E-state index < -0.39 is 0 Å². The van der Waals surface area contributed by atoms with Gasteiger partial charge in [-0.2, -0.15) is 5.10 Å². The summed E-state index contributed by atoms with van der Waals surface area (Å²) in [6.07, 6.45) is 5.03. The van der Waals surface area contributed by atoms with Crippen molar-refractivity contribution in [2.45, 2.75) is 0 Å². The molecule has 1 amide bonds. The van der Waals surface area contributed by atoms with Crippen LogP contribution in [-0.4, -0.2) is 29.8 Å². The van der Waals surface area contributed by atoms with E-state index in [1.807, 2.05) is 0 Å². The third-order valence-corrected chi connectivity index (χ3v) is 4.75. The minimum atomic E-state index is -0.298. The molecule has 3 aromatic heterocycles. The average molecular weight is 427 g/mol. The zero-order chi connectivity index (χ0) is 19.1. The first kappa shape index (κ1) is 17.2. The summed E-state index contributed by atoms with van der Waals surface area (Å²) in [5.74, 6) is 0.207. The van der Waals surface area contributed by atoms with E-state index in [9.17, 15) is 9.59 Å². The molecule has 8 nitrogen and oxygen atoms in total. The topological polar surface area (TPSA) is 86.7 Å². The van der Waals surface area contributed by atoms with Gasteiger partial charge in [-0.15, -0.1) is 0 Å². The summed E-state index contributed by atoms with van der Waals surface area (Å²) in [7, 11) is 3.38. The number of carbonyl (C=O) groups excluding carboxylic acids is 1. The second kappa shape index (κ2) is 6.51. The Labute approximate surface area is 162 Å². The molecule has 27 heavy (non-hydrogen) atoms. The summed E-state index contributed by atoms with van der Waals surface area (Å²) in [5, 5.41) is 7.08. The first-order chi connectivity index (χ1) is 13.0. The molecule has 0 fully saturated rings. The molecule has 9 heteroatoms. The number of rotatable bonds is 3. The fourth-order valence-corrected chi connectivity index (χ4v) is 3.22. The number of hydrogen-bond donors (Lipinski definition) is 1. The molecule has 0 aliphatic heterocycles. The number of anilines is 1. The van der Waals surface area contributed by atoms with Gasteiger partial charge in [0.15, 0.2) is 5.82 Å². The van der Waals surface area contributed by atoms with Gasteiger partial charge < -0.3 is 5.32 Å². The van der Waals surface area contributed by atoms with Crippen LogP contribution in [0.3, 0.4) is 0 Å². The minimum absolute atomic E-state index is 0.138. The number of pyridine rings is 1. The number of benzene rings is 1. The van der Waals surface area contributed by atoms with Gasteiger partial charge in [0, 0.05) is 32.1 Å². The molecule has 0 spiro atoms. The second-order valence-corrected chi connectivity index (χ2v) is 6.95. The van der Waals surface area contributed by atoms with Crippen molar-refractivity contribution < 1.29 is 4.79 Å². The third kappa shape index (κ3) is 2.95. The first-order valence-corrected chi connectivity index (χ1v) is 8.87. The number of nitrogens with one attached hydrogen (secondary N) is 1. The van der Waals surface area contributed by atoms with Crippen molar-refractivity contribution >= 4 is 38.6 Å². The average Bonchev–Trinajstić information content (AvgIpc) is 3.20. The molecule has 0 radical (unpaired) electrons. The fraction of sp³-hybridized carbons (Fsp3) is 0.111. The number of carbonyl (C=O) groups is 1. The summed E-state index contributed by atoms with van der Waals surface area (Å²) in [5.41, 5.74) is 2.29. The van der Waals surface area contributed by atoms with Gasteiger partial charge in [-0.3, -0.25) is 13.9 Å². The summed E-state index contributed by atoms with van der Waals surface area (Å²) in [6.45, 7) is 0. The maximum absolute atomic E-state index is 12.8. The highest BCUT2D eigenvalue weighted by Crippen LogP contribution is 2.20. The molecule has 0 unspecified atom stereocenters. The van der Waals surface area contributed by atoms with E-state index in [1.165, 1.54) is 4.57 Å². The first-order valence-electron chi connectivity index (χ1n) is 8.08. The molecule has 4 aromatic rings. The molecule has 0 saturated carbocycles. The van der Waals surface area contributed by atoms with Crippen LogP contribution < -0.4 is 11.0 Å². The Hall–Kier alpha value is -3.20. The van der Waals surface area contributed by atoms with Crippen LogP contribution in [-0.2, 0) is 14.1 Å². The molecule has 0 atom stereocenters. The lowest BCUT2D eigenvalue weighted by molar-refractivity contribution is 0.102. The number of halogens is 1. The SMILES string of the molecule is Cn1c(=O)n(C)c2cc(C(=O)Nc3cccnc3-n3cc(Br)cn3)ccc21. The highest BCUT2D eigenvalue weighted by Gasteiger charge is 2.15. The van der Waals surface area contributed by atoms with Gasteiger partial charge in [-0.25, -0.2) is 14.5 Å². The highest BCUT2D eigenvalue weighted by atomic mass is 79.9. The van der Waals surface area contributed by atoms with Gasteiger partial charge in [-0.05, 0) is 46.3 Å². The van der Waals surface area contributed by atoms with Crippen LogP contribution >= 0.6 is 15.9 Å². The van der Waals surface area contributed by atoms with E-state index in [0.717, 1.165) is 9.99 Å². The second-order valence-electron chi connectivity index (χ2n) is 6.04. The predicted molar refractivity (Wildman–Crippen MR) is 105 cm³/mol. The predicted octanol–water partition coefficient (Wildman–Crippen LogP) is 2.47. The van der Waals surface area contributed by atoms with E-state index in [4.69, 9.17) is 0 Å². The summed E-state index contributed by atoms with van der Waals surface area (Å²) in [6, 6.07) is 8.65. The van der Waals surface area contributed by atoms with E-state index in [-0.39, 0.29) is 11.6 Å². The van der Waals surface area contributed by atoms with Crippen LogP contribution in [0, 0.1) is 0 Å². The lowest BCUT2D eigenvalue weighted by Gasteiger charge is -2.10. The standard InChI is InChI=1S/C18H15BrN6O2/c1-23-14-6-5-11(8-15(14)24(2)18(23)27)17(26)22-13-4-3-7-20-16(13)25-10-12(19)9-21-25/h3-10H,1-2H3,(H,22,26). The van der Waals surface area contributed by atoms with Crippen LogP contribution in [0.25, 0.3) is 16.9 Å². The van der Waals surface area contributed by atoms with Crippen molar-refractivity contribution in [3.05, 3.63) is 69.4 Å². The molecule has 0 bridgehead atoms. The lowest BCUT2D eigenvalue weighted by Crippen LogP contribution is -2.19. The van der Waals surface area contributed by atoms with Gasteiger partial charge in [0.25, 0.3) is 5.91 Å². The largest absolute Gasteiger partial charge is 0.328 e. The van der Waals surface area contributed by atoms with Gasteiger partial charge in [0.05, 0.1) is 27.4 Å². The molecular weight excluding hydrogens is 412 g/mol. The Morgan fingerprint density at radius 1 is 1.15 bits per heavy atom. The molecule has 4 rings (SSSR count). The van der Waals surface area contributed by atoms with Crippen LogP contribution in [0.5, 0.6) is 0 Å². The molecule has 0 aliphatic carbocycles. The lowest BCUT2D eigenvalue weighted by atomic mass is 10.2. The number of amides is 1. The Bertz CT molecular complexity index is 1240.